The second-order valence-corrected chi connectivity index (χ2v) is 16.4. The minimum absolute atomic E-state index is 0. The van der Waals surface area contributed by atoms with Crippen molar-refractivity contribution >= 4 is 21.8 Å². The molecule has 7 rings (SSSR count). The quantitative estimate of drug-likeness (QED) is 0.136. The van der Waals surface area contributed by atoms with Crippen LogP contribution in [0.4, 0.5) is 4.39 Å². The van der Waals surface area contributed by atoms with E-state index >= 15 is 0 Å². The fourth-order valence-corrected chi connectivity index (χ4v) is 7.09. The Kier molecular flexibility index (Phi) is 10.9. The molecule has 274 valence electrons. The van der Waals surface area contributed by atoms with E-state index in [1.165, 1.54) is 46.1 Å². The number of rotatable bonds is 9. The van der Waals surface area contributed by atoms with Crippen LogP contribution in [0.1, 0.15) is 76.6 Å². The van der Waals surface area contributed by atoms with E-state index in [4.69, 9.17) is 9.84 Å². The Morgan fingerprint density at radius 2 is 1.43 bits per heavy atom. The van der Waals surface area contributed by atoms with Gasteiger partial charge in [-0.05, 0) is 101 Å². The number of fused-ring (bicyclic) bond motifs is 3. The van der Waals surface area contributed by atoms with Gasteiger partial charge in [-0.3, -0.25) is 4.68 Å². The summed E-state index contributed by atoms with van der Waals surface area (Å²) < 4.78 is 24.5. The van der Waals surface area contributed by atoms with Crippen molar-refractivity contribution in [3.63, 3.8) is 0 Å². The molecule has 53 heavy (non-hydrogen) atoms. The first kappa shape index (κ1) is 38.2. The van der Waals surface area contributed by atoms with E-state index in [9.17, 15) is 4.39 Å². The Labute approximate surface area is 327 Å². The molecule has 4 aromatic carbocycles. The van der Waals surface area contributed by atoms with Crippen molar-refractivity contribution in [1.29, 1.82) is 0 Å². The first-order chi connectivity index (χ1) is 24.7. The molecule has 0 radical (unpaired) electrons. The van der Waals surface area contributed by atoms with E-state index < -0.39 is 0 Å². The molecule has 0 atom stereocenters. The summed E-state index contributed by atoms with van der Waals surface area (Å²) in [6, 6.07) is 29.8. The number of pyridine rings is 1. The first-order valence-electron chi connectivity index (χ1n) is 18.2. The second-order valence-electron chi connectivity index (χ2n) is 16.4. The molecule has 0 saturated carbocycles. The fourth-order valence-electron chi connectivity index (χ4n) is 7.09. The average Bonchev–Trinajstić information content (AvgIpc) is 3.70. The molecular weight excluding hydrogens is 839 g/mol. The summed E-state index contributed by atoms with van der Waals surface area (Å²) in [5, 5.41) is 6.88. The molecule has 0 unspecified atom stereocenters. The molecule has 0 aliphatic heterocycles. The molecule has 0 bridgehead atoms. The molecular formula is C46H47FN4OPt. The molecule has 5 nitrogen and oxygen atoms in total. The smallest absolute Gasteiger partial charge is 0.509 e. The Hall–Kier alpha value is -4.54. The zero-order chi connectivity index (χ0) is 36.8. The number of halogens is 1. The molecule has 0 spiro atoms. The number of hydrogen-bond donors (Lipinski definition) is 0. The third kappa shape index (κ3) is 8.34. The van der Waals surface area contributed by atoms with Gasteiger partial charge in [-0.2, -0.15) is 17.2 Å². The number of nitrogens with zero attached hydrogens (tertiary/aromatic N) is 4. The van der Waals surface area contributed by atoms with E-state index in [2.05, 4.69) is 90.8 Å². The van der Waals surface area contributed by atoms with Crippen molar-refractivity contribution in [2.45, 2.75) is 81.1 Å². The molecule has 0 N–H and O–H groups in total. The van der Waals surface area contributed by atoms with Crippen molar-refractivity contribution in [2.75, 3.05) is 0 Å². The second kappa shape index (κ2) is 15.1. The topological polar surface area (TPSA) is 44.9 Å². The van der Waals surface area contributed by atoms with Gasteiger partial charge in [0.1, 0.15) is 11.6 Å². The van der Waals surface area contributed by atoms with Gasteiger partial charge in [0.2, 0.25) is 0 Å². The number of aromatic nitrogens is 4. The van der Waals surface area contributed by atoms with Crippen LogP contribution in [0.3, 0.4) is 0 Å². The van der Waals surface area contributed by atoms with Gasteiger partial charge in [0, 0.05) is 41.0 Å². The zero-order valence-corrected chi connectivity index (χ0v) is 34.2. The Bertz CT molecular complexity index is 2370. The van der Waals surface area contributed by atoms with Crippen LogP contribution in [0.25, 0.3) is 44.4 Å². The van der Waals surface area contributed by atoms with Crippen molar-refractivity contribution in [1.82, 2.24) is 19.3 Å². The van der Waals surface area contributed by atoms with Crippen LogP contribution in [0.5, 0.6) is 11.5 Å². The minimum Gasteiger partial charge on any atom is -0.509 e. The Balaban J connectivity index is 0.00000481. The van der Waals surface area contributed by atoms with E-state index in [0.717, 1.165) is 58.7 Å². The Morgan fingerprint density at radius 1 is 0.755 bits per heavy atom. The van der Waals surface area contributed by atoms with E-state index in [1.54, 1.807) is 0 Å². The van der Waals surface area contributed by atoms with Gasteiger partial charge in [0.05, 0.1) is 6.20 Å². The third-order valence-corrected chi connectivity index (χ3v) is 9.82. The fraction of sp³-hybridized carbons (Fsp3) is 0.304. The summed E-state index contributed by atoms with van der Waals surface area (Å²) >= 11 is 0. The summed E-state index contributed by atoms with van der Waals surface area (Å²) in [6.07, 6.45) is 9.85. The van der Waals surface area contributed by atoms with E-state index in [0.29, 0.717) is 17.3 Å². The van der Waals surface area contributed by atoms with Crippen molar-refractivity contribution in [3.8, 4) is 34.1 Å². The number of para-hydroxylation sites is 1. The van der Waals surface area contributed by atoms with Crippen LogP contribution in [-0.2, 0) is 33.9 Å². The SMILES string of the molecule is Cc1cc(C)c(CCC(C)(C)C)c(-c2cnn(-c3[c-]c(Oc4[c-]c5c(cc4)c4ccccc4n5-c4cc(F)ccn4)ccc3)c2)c1CCC(C)(C)C.[Pt+2]. The average molecular weight is 886 g/mol. The molecule has 0 aliphatic rings. The molecule has 7 heteroatoms. The summed E-state index contributed by atoms with van der Waals surface area (Å²) in [6.45, 7) is 18.4. The number of benzene rings is 4. The molecule has 0 aliphatic carbocycles. The van der Waals surface area contributed by atoms with Gasteiger partial charge in [-0.1, -0.05) is 71.3 Å². The predicted molar refractivity (Wildman–Crippen MR) is 210 cm³/mol. The van der Waals surface area contributed by atoms with Crippen LogP contribution < -0.4 is 4.74 Å². The molecule has 0 saturated heterocycles. The largest absolute Gasteiger partial charge is 2.00 e. The Morgan fingerprint density at radius 3 is 2.11 bits per heavy atom. The summed E-state index contributed by atoms with van der Waals surface area (Å²) in [4.78, 5) is 4.47. The number of aryl methyl sites for hydroxylation is 2. The van der Waals surface area contributed by atoms with Crippen LogP contribution >= 0.6 is 0 Å². The normalized spacial score (nSPS) is 12.0. The maximum Gasteiger partial charge on any atom is 2.00 e. The van der Waals surface area contributed by atoms with Crippen LogP contribution in [-0.4, -0.2) is 19.3 Å². The molecule has 0 fully saturated rings. The van der Waals surface area contributed by atoms with Gasteiger partial charge < -0.3 is 9.30 Å². The van der Waals surface area contributed by atoms with Gasteiger partial charge in [-0.25, -0.2) is 9.37 Å². The molecule has 0 amide bonds. The summed E-state index contributed by atoms with van der Waals surface area (Å²) in [5.74, 6) is 1.19. The van der Waals surface area contributed by atoms with Gasteiger partial charge >= 0.3 is 21.1 Å². The van der Waals surface area contributed by atoms with Gasteiger partial charge in [-0.15, -0.1) is 35.7 Å². The van der Waals surface area contributed by atoms with Crippen LogP contribution in [0.2, 0.25) is 0 Å². The van der Waals surface area contributed by atoms with Gasteiger partial charge in [0.15, 0.2) is 0 Å². The molecule has 7 aromatic rings. The monoisotopic (exact) mass is 885 g/mol. The van der Waals surface area contributed by atoms with Crippen LogP contribution in [0.15, 0.2) is 91.4 Å². The standard InChI is InChI=1S/C46H47FN4O.Pt/c1-30-24-31(2)38(19-22-46(6,7)8)44(37(30)18-21-45(3,4)5)32-28-49-50(29-32)34-12-11-13-35(26-34)52-36-16-17-40-39-14-9-10-15-41(39)51(42(40)27-36)43-25-33(47)20-23-48-43;/h9-17,20,23-25,28-29H,18-19,21-22H2,1-8H3;/q-2;+2. The zero-order valence-electron chi connectivity index (χ0n) is 31.9. The predicted octanol–water partition coefficient (Wildman–Crippen LogP) is 12.1. The maximum atomic E-state index is 14.3. The van der Waals surface area contributed by atoms with E-state index in [1.807, 2.05) is 64.0 Å². The molecule has 3 aromatic heterocycles. The summed E-state index contributed by atoms with van der Waals surface area (Å²) in [5.41, 5.74) is 10.9. The van der Waals surface area contributed by atoms with Crippen molar-refractivity contribution in [2.24, 2.45) is 10.8 Å². The molecule has 3 heterocycles. The van der Waals surface area contributed by atoms with Crippen LogP contribution in [0, 0.1) is 42.6 Å². The maximum absolute atomic E-state index is 14.3. The minimum atomic E-state index is -0.351. The summed E-state index contributed by atoms with van der Waals surface area (Å²) in [7, 11) is 0. The van der Waals surface area contributed by atoms with Crippen molar-refractivity contribution in [3.05, 3.63) is 132 Å². The number of hydrogen-bond acceptors (Lipinski definition) is 3. The third-order valence-electron chi connectivity index (χ3n) is 9.82. The van der Waals surface area contributed by atoms with E-state index in [-0.39, 0.29) is 37.7 Å². The number of ether oxygens (including phenoxy) is 1. The first-order valence-corrected chi connectivity index (χ1v) is 18.2. The van der Waals surface area contributed by atoms with Gasteiger partial charge in [0.25, 0.3) is 0 Å². The van der Waals surface area contributed by atoms with Crippen molar-refractivity contribution < 1.29 is 30.2 Å².